The lowest BCUT2D eigenvalue weighted by Gasteiger charge is -2.36. The molecule has 116 valence electrons. The van der Waals surface area contributed by atoms with E-state index in [-0.39, 0.29) is 11.5 Å². The van der Waals surface area contributed by atoms with Crippen molar-refractivity contribution in [2.45, 2.75) is 23.3 Å². The van der Waals surface area contributed by atoms with Crippen molar-refractivity contribution in [3.8, 4) is 0 Å². The number of nitro groups is 1. The second-order valence-electron chi connectivity index (χ2n) is 5.02. The van der Waals surface area contributed by atoms with Crippen LogP contribution < -0.4 is 10.0 Å². The van der Waals surface area contributed by atoms with Crippen molar-refractivity contribution in [2.24, 2.45) is 0 Å². The smallest absolute Gasteiger partial charge is 0.289 e. The van der Waals surface area contributed by atoms with Crippen LogP contribution in [0.2, 0.25) is 0 Å². The van der Waals surface area contributed by atoms with Gasteiger partial charge in [-0.3, -0.25) is 10.1 Å². The quantitative estimate of drug-likeness (QED) is 0.519. The molecule has 1 aliphatic rings. The molecule has 0 aliphatic carbocycles. The summed E-state index contributed by atoms with van der Waals surface area (Å²) < 4.78 is 27.3. The maximum atomic E-state index is 12.4. The highest BCUT2D eigenvalue weighted by Crippen LogP contribution is 2.26. The summed E-state index contributed by atoms with van der Waals surface area (Å²) in [5.74, 6) is 0. The van der Waals surface area contributed by atoms with Crippen molar-refractivity contribution in [3.63, 3.8) is 0 Å². The Bertz CT molecular complexity index is 626. The van der Waals surface area contributed by atoms with Crippen molar-refractivity contribution in [1.82, 2.24) is 10.0 Å². The SMILES string of the molecule is O=[N+]([O-])c1ccccc1S(=O)(=O)NC1(CO)CCNCC1. The minimum Gasteiger partial charge on any atom is -0.394 e. The van der Waals surface area contributed by atoms with Gasteiger partial charge in [-0.15, -0.1) is 0 Å². The zero-order valence-corrected chi connectivity index (χ0v) is 12.1. The van der Waals surface area contributed by atoms with Crippen molar-refractivity contribution in [2.75, 3.05) is 19.7 Å². The van der Waals surface area contributed by atoms with Crippen LogP contribution in [0.3, 0.4) is 0 Å². The molecular weight excluding hydrogens is 298 g/mol. The van der Waals surface area contributed by atoms with Gasteiger partial charge in [0.15, 0.2) is 4.90 Å². The third-order valence-corrected chi connectivity index (χ3v) is 5.19. The minimum absolute atomic E-state index is 0.353. The highest BCUT2D eigenvalue weighted by Gasteiger charge is 2.38. The van der Waals surface area contributed by atoms with Gasteiger partial charge in [-0.1, -0.05) is 12.1 Å². The minimum atomic E-state index is -4.09. The molecule has 0 saturated carbocycles. The average molecular weight is 315 g/mol. The van der Waals surface area contributed by atoms with Crippen LogP contribution in [-0.2, 0) is 10.0 Å². The molecular formula is C12H17N3O5S. The second kappa shape index (κ2) is 6.06. The molecule has 21 heavy (non-hydrogen) atoms. The van der Waals surface area contributed by atoms with Crippen molar-refractivity contribution in [1.29, 1.82) is 0 Å². The highest BCUT2D eigenvalue weighted by atomic mass is 32.2. The molecule has 0 amide bonds. The van der Waals surface area contributed by atoms with Gasteiger partial charge in [0, 0.05) is 6.07 Å². The summed E-state index contributed by atoms with van der Waals surface area (Å²) in [6, 6.07) is 5.16. The Morgan fingerprint density at radius 3 is 2.52 bits per heavy atom. The molecule has 1 aromatic rings. The lowest BCUT2D eigenvalue weighted by atomic mass is 9.91. The molecule has 3 N–H and O–H groups in total. The number of hydrogen-bond acceptors (Lipinski definition) is 6. The van der Waals surface area contributed by atoms with Gasteiger partial charge >= 0.3 is 0 Å². The number of nitro benzene ring substituents is 1. The molecule has 0 bridgehead atoms. The first-order valence-corrected chi connectivity index (χ1v) is 7.97. The number of rotatable bonds is 5. The van der Waals surface area contributed by atoms with Gasteiger partial charge in [0.1, 0.15) is 0 Å². The second-order valence-corrected chi connectivity index (χ2v) is 6.67. The van der Waals surface area contributed by atoms with E-state index >= 15 is 0 Å². The van der Waals surface area contributed by atoms with Crippen molar-refractivity contribution < 1.29 is 18.4 Å². The molecule has 1 fully saturated rings. The van der Waals surface area contributed by atoms with E-state index in [1.807, 2.05) is 0 Å². The van der Waals surface area contributed by atoms with Crippen molar-refractivity contribution >= 4 is 15.7 Å². The highest BCUT2D eigenvalue weighted by molar-refractivity contribution is 7.89. The molecule has 1 heterocycles. The molecule has 1 aromatic carbocycles. The predicted octanol–water partition coefficient (Wildman–Crippen LogP) is -0.0124. The maximum Gasteiger partial charge on any atom is 0.289 e. The first-order valence-electron chi connectivity index (χ1n) is 6.49. The molecule has 0 unspecified atom stereocenters. The Morgan fingerprint density at radius 2 is 1.95 bits per heavy atom. The zero-order chi connectivity index (χ0) is 15.5. The van der Waals surface area contributed by atoms with E-state index in [1.54, 1.807) is 0 Å². The number of sulfonamides is 1. The molecule has 2 rings (SSSR count). The molecule has 0 spiro atoms. The van der Waals surface area contributed by atoms with Crippen molar-refractivity contribution in [3.05, 3.63) is 34.4 Å². The van der Waals surface area contributed by atoms with Crippen LogP contribution >= 0.6 is 0 Å². The van der Waals surface area contributed by atoms with Crippen LogP contribution in [0.4, 0.5) is 5.69 Å². The summed E-state index contributed by atoms with van der Waals surface area (Å²) in [6.45, 7) is 0.786. The number of piperidine rings is 1. The molecule has 0 radical (unpaired) electrons. The van der Waals surface area contributed by atoms with Gasteiger partial charge in [-0.2, -0.15) is 0 Å². The van der Waals surface area contributed by atoms with Gasteiger partial charge in [-0.25, -0.2) is 13.1 Å². The fraction of sp³-hybridized carbons (Fsp3) is 0.500. The molecule has 0 atom stereocenters. The average Bonchev–Trinajstić information content (AvgIpc) is 2.47. The van der Waals surface area contributed by atoms with Crippen LogP contribution in [0.15, 0.2) is 29.2 Å². The van der Waals surface area contributed by atoms with E-state index in [0.717, 1.165) is 6.07 Å². The zero-order valence-electron chi connectivity index (χ0n) is 11.3. The van der Waals surface area contributed by atoms with Gasteiger partial charge < -0.3 is 10.4 Å². The van der Waals surface area contributed by atoms with E-state index in [1.165, 1.54) is 18.2 Å². The number of nitrogens with one attached hydrogen (secondary N) is 2. The van der Waals surface area contributed by atoms with Gasteiger partial charge in [-0.05, 0) is 32.0 Å². The summed E-state index contributed by atoms with van der Waals surface area (Å²) in [6.07, 6.45) is 0.840. The number of para-hydroxylation sites is 1. The predicted molar refractivity (Wildman–Crippen MR) is 75.3 cm³/mol. The summed E-state index contributed by atoms with van der Waals surface area (Å²) in [7, 11) is -4.09. The number of nitrogens with zero attached hydrogens (tertiary/aromatic N) is 1. The first kappa shape index (κ1) is 15.8. The Kier molecular flexibility index (Phi) is 4.57. The molecule has 1 saturated heterocycles. The number of hydrogen-bond donors (Lipinski definition) is 3. The van der Waals surface area contributed by atoms with Crippen LogP contribution in [0.25, 0.3) is 0 Å². The largest absolute Gasteiger partial charge is 0.394 e. The van der Waals surface area contributed by atoms with E-state index in [2.05, 4.69) is 10.0 Å². The monoisotopic (exact) mass is 315 g/mol. The van der Waals surface area contributed by atoms with Crippen LogP contribution in [0.1, 0.15) is 12.8 Å². The number of benzene rings is 1. The topological polar surface area (TPSA) is 122 Å². The van der Waals surface area contributed by atoms with Crippen LogP contribution in [0, 0.1) is 10.1 Å². The van der Waals surface area contributed by atoms with Crippen LogP contribution in [-0.4, -0.2) is 43.7 Å². The maximum absolute atomic E-state index is 12.4. The Hall–Kier alpha value is -1.55. The third kappa shape index (κ3) is 3.38. The van der Waals surface area contributed by atoms with Gasteiger partial charge in [0.05, 0.1) is 17.1 Å². The summed E-state index contributed by atoms with van der Waals surface area (Å²) >= 11 is 0. The fourth-order valence-corrected chi connectivity index (χ4v) is 4.00. The first-order chi connectivity index (χ1) is 9.90. The Balaban J connectivity index is 2.36. The fourth-order valence-electron chi connectivity index (χ4n) is 2.37. The Morgan fingerprint density at radius 1 is 1.33 bits per heavy atom. The Labute approximate surface area is 122 Å². The van der Waals surface area contributed by atoms with E-state index < -0.39 is 26.2 Å². The normalized spacial score (nSPS) is 18.3. The van der Waals surface area contributed by atoms with Crippen LogP contribution in [0.5, 0.6) is 0 Å². The lowest BCUT2D eigenvalue weighted by molar-refractivity contribution is -0.387. The molecule has 8 nitrogen and oxygen atoms in total. The molecule has 0 aromatic heterocycles. The van der Waals surface area contributed by atoms with Gasteiger partial charge in [0.2, 0.25) is 10.0 Å². The number of aliphatic hydroxyl groups is 1. The third-order valence-electron chi connectivity index (χ3n) is 3.57. The van der Waals surface area contributed by atoms with E-state index in [0.29, 0.717) is 25.9 Å². The standard InChI is InChI=1S/C12H17N3O5S/c16-9-12(5-7-13-8-6-12)14-21(19,20)11-4-2-1-3-10(11)15(17)18/h1-4,13-14,16H,5-9H2. The lowest BCUT2D eigenvalue weighted by Crippen LogP contribution is -2.56. The van der Waals surface area contributed by atoms with E-state index in [9.17, 15) is 23.6 Å². The number of aliphatic hydroxyl groups excluding tert-OH is 1. The van der Waals surface area contributed by atoms with Gasteiger partial charge in [0.25, 0.3) is 5.69 Å². The summed E-state index contributed by atoms with van der Waals surface area (Å²) in [4.78, 5) is 9.84. The van der Waals surface area contributed by atoms with E-state index in [4.69, 9.17) is 0 Å². The molecule has 9 heteroatoms. The molecule has 1 aliphatic heterocycles. The summed E-state index contributed by atoms with van der Waals surface area (Å²) in [5.41, 5.74) is -1.46. The summed E-state index contributed by atoms with van der Waals surface area (Å²) in [5, 5.41) is 23.6.